The number of fused-ring (bicyclic) bond motifs is 2. The molecule has 0 saturated carbocycles. The number of aliphatic hydroxyl groups excluding tert-OH is 1. The second kappa shape index (κ2) is 23.9. The third-order valence-corrected chi connectivity index (χ3v) is 21.0. The number of hydrogen-bond donors (Lipinski definition) is 1. The molecule has 1 N–H and O–H groups in total. The Hall–Kier alpha value is -6.06. The monoisotopic (exact) mass is 1120 g/mol. The fourth-order valence-electron chi connectivity index (χ4n) is 14.1. The zero-order chi connectivity index (χ0) is 56.5. The van der Waals surface area contributed by atoms with Gasteiger partial charge in [0.05, 0.1) is 24.4 Å². The van der Waals surface area contributed by atoms with Gasteiger partial charge in [-0.1, -0.05) is 209 Å². The van der Waals surface area contributed by atoms with Gasteiger partial charge in [-0.2, -0.15) is 23.5 Å². The van der Waals surface area contributed by atoms with Crippen LogP contribution in [0.15, 0.2) is 194 Å². The number of rotatable bonds is 24. The molecular weight excluding hydrogens is 1040 g/mol. The summed E-state index contributed by atoms with van der Waals surface area (Å²) in [5, 5.41) is 12.9. The van der Waals surface area contributed by atoms with Gasteiger partial charge in [-0.05, 0) is 143 Å². The van der Waals surface area contributed by atoms with Crippen LogP contribution in [0.4, 0.5) is 0 Å². The highest BCUT2D eigenvalue weighted by Crippen LogP contribution is 2.58. The van der Waals surface area contributed by atoms with Crippen molar-refractivity contribution in [1.82, 2.24) is 0 Å². The first-order valence-corrected chi connectivity index (χ1v) is 32.3. The summed E-state index contributed by atoms with van der Waals surface area (Å²) in [6.07, 6.45) is 4.35. The van der Waals surface area contributed by atoms with Crippen molar-refractivity contribution in [3.63, 3.8) is 0 Å². The van der Waals surface area contributed by atoms with Crippen LogP contribution in [0.5, 0.6) is 11.5 Å². The molecule has 5 nitrogen and oxygen atoms in total. The summed E-state index contributed by atoms with van der Waals surface area (Å²) in [7, 11) is 0. The molecule has 0 spiro atoms. The summed E-state index contributed by atoms with van der Waals surface area (Å²) in [6.45, 7) is 15.1. The van der Waals surface area contributed by atoms with Crippen molar-refractivity contribution in [1.29, 1.82) is 0 Å². The van der Waals surface area contributed by atoms with Crippen molar-refractivity contribution in [3.8, 4) is 11.5 Å². The molecular formula is C75H80O5S2. The van der Waals surface area contributed by atoms with Crippen LogP contribution in [0.2, 0.25) is 0 Å². The smallest absolute Gasteiger partial charge is 0.119 e. The van der Waals surface area contributed by atoms with Crippen LogP contribution >= 0.6 is 23.5 Å². The Morgan fingerprint density at radius 1 is 0.463 bits per heavy atom. The molecule has 2 aliphatic carbocycles. The molecule has 2 heterocycles. The summed E-state index contributed by atoms with van der Waals surface area (Å²) in [5.74, 6) is 4.48. The highest BCUT2D eigenvalue weighted by Gasteiger charge is 2.49. The van der Waals surface area contributed by atoms with Gasteiger partial charge in [0.15, 0.2) is 0 Å². The molecule has 0 radical (unpaired) electrons. The molecule has 7 heteroatoms. The first-order valence-electron chi connectivity index (χ1n) is 30.2. The van der Waals surface area contributed by atoms with E-state index in [1.807, 2.05) is 23.5 Å². The lowest BCUT2D eigenvalue weighted by Crippen LogP contribution is -2.34. The maximum atomic E-state index is 11.7. The molecule has 7 unspecified atom stereocenters. The highest BCUT2D eigenvalue weighted by atomic mass is 32.2. The number of aryl methyl sites for hydroxylation is 2. The molecule has 4 aliphatic rings. The predicted octanol–water partition coefficient (Wildman–Crippen LogP) is 17.2. The molecule has 0 bridgehead atoms. The average Bonchev–Trinajstić information content (AvgIpc) is 4.35. The molecule has 82 heavy (non-hydrogen) atoms. The third-order valence-electron chi connectivity index (χ3n) is 19.1. The summed E-state index contributed by atoms with van der Waals surface area (Å²) in [4.78, 5) is 0. The van der Waals surface area contributed by atoms with E-state index in [0.717, 1.165) is 68.8 Å². The van der Waals surface area contributed by atoms with E-state index < -0.39 is 22.5 Å². The minimum Gasteiger partial charge on any atom is -0.492 e. The fraction of sp³-hybridized carbons (Fsp3) is 0.360. The number of ether oxygens (including phenoxy) is 4. The molecule has 422 valence electrons. The highest BCUT2D eigenvalue weighted by molar-refractivity contribution is 8.07. The van der Waals surface area contributed by atoms with E-state index in [-0.39, 0.29) is 30.7 Å². The molecule has 2 saturated heterocycles. The van der Waals surface area contributed by atoms with Gasteiger partial charge in [0.1, 0.15) is 30.8 Å². The second-order valence-electron chi connectivity index (χ2n) is 23.7. The van der Waals surface area contributed by atoms with Crippen LogP contribution in [0, 0.1) is 13.8 Å². The predicted molar refractivity (Wildman–Crippen MR) is 340 cm³/mol. The van der Waals surface area contributed by atoms with E-state index in [1.165, 1.54) is 83.8 Å². The van der Waals surface area contributed by atoms with Crippen LogP contribution in [0.1, 0.15) is 156 Å². The minimum atomic E-state index is -0.838. The molecule has 0 amide bonds. The van der Waals surface area contributed by atoms with E-state index in [1.54, 1.807) is 0 Å². The zero-order valence-corrected chi connectivity index (χ0v) is 50.4. The largest absolute Gasteiger partial charge is 0.492 e. The van der Waals surface area contributed by atoms with Gasteiger partial charge < -0.3 is 24.1 Å². The molecule has 8 aromatic rings. The molecule has 2 fully saturated rings. The summed E-state index contributed by atoms with van der Waals surface area (Å²) in [6, 6.07) is 72.5. The Labute approximate surface area is 496 Å². The number of benzene rings is 8. The summed E-state index contributed by atoms with van der Waals surface area (Å²) < 4.78 is 26.4. The van der Waals surface area contributed by atoms with E-state index in [9.17, 15) is 5.11 Å². The minimum absolute atomic E-state index is 0.109. The Bertz CT molecular complexity index is 3420. The van der Waals surface area contributed by atoms with Gasteiger partial charge >= 0.3 is 0 Å². The standard InChI is InChI=1S/C75H80O5S2/c1-7-72(8-2,55-23-27-57(28-24-55)75(60-33-37-63(38-34-60)78-47-64-49-81-64)44-69(54-19-15-12-16-20-54)67-42-52(6)22-40-71(67)75)79-46-61(76)45-77-62-35-31-59(32-36-62)74(43-68(53-17-13-11-14-18-53)66-41-51(5)21-39-70(66)74)58-29-25-56(26-30-58)73(9-3,10-4)80-48-65-50-82-65/h11-42,61,64-65,68-69,76H,7-10,43-50H2,1-6H3. The van der Waals surface area contributed by atoms with Crippen LogP contribution in [-0.4, -0.2) is 59.6 Å². The lowest BCUT2D eigenvalue weighted by Gasteiger charge is -2.36. The van der Waals surface area contributed by atoms with Gasteiger partial charge in [0.2, 0.25) is 0 Å². The second-order valence-corrected chi connectivity index (χ2v) is 26.4. The zero-order valence-electron chi connectivity index (χ0n) is 48.7. The van der Waals surface area contributed by atoms with Gasteiger partial charge in [-0.15, -0.1) is 0 Å². The van der Waals surface area contributed by atoms with Gasteiger partial charge in [-0.3, -0.25) is 0 Å². The van der Waals surface area contributed by atoms with Crippen molar-refractivity contribution in [3.05, 3.63) is 272 Å². The van der Waals surface area contributed by atoms with Crippen molar-refractivity contribution in [2.45, 2.75) is 131 Å². The third kappa shape index (κ3) is 10.9. The van der Waals surface area contributed by atoms with Crippen molar-refractivity contribution in [2.75, 3.05) is 37.9 Å². The Morgan fingerprint density at radius 2 is 0.854 bits per heavy atom. The first kappa shape index (κ1) is 56.4. The van der Waals surface area contributed by atoms with Crippen molar-refractivity contribution >= 4 is 23.5 Å². The van der Waals surface area contributed by atoms with E-state index in [0.29, 0.717) is 10.5 Å². The van der Waals surface area contributed by atoms with Crippen LogP contribution < -0.4 is 9.47 Å². The van der Waals surface area contributed by atoms with Crippen molar-refractivity contribution < 1.29 is 24.1 Å². The molecule has 2 aliphatic heterocycles. The fourth-order valence-corrected chi connectivity index (χ4v) is 14.9. The quantitative estimate of drug-likeness (QED) is 0.0605. The SMILES string of the molecule is CCC(CC)(OCC(O)COc1ccc(C2(c3ccc(C(CC)(CC)OCC4CS4)cc3)CC(c3ccccc3)c3cc(C)ccc32)cc1)c1ccc(C2(c3ccc(OCC4CS4)cc3)CC(c3ccccc3)c3cc(C)ccc32)cc1. The lowest BCUT2D eigenvalue weighted by atomic mass is 9.69. The summed E-state index contributed by atoms with van der Waals surface area (Å²) in [5.41, 5.74) is 16.4. The van der Waals surface area contributed by atoms with Gasteiger partial charge in [0, 0.05) is 44.7 Å². The van der Waals surface area contributed by atoms with Crippen LogP contribution in [0.25, 0.3) is 0 Å². The van der Waals surface area contributed by atoms with Crippen LogP contribution in [0.3, 0.4) is 0 Å². The normalized spacial score (nSPS) is 22.1. The molecule has 12 rings (SSSR count). The first-order chi connectivity index (χ1) is 40.0. The molecule has 0 aromatic heterocycles. The average molecular weight is 1130 g/mol. The van der Waals surface area contributed by atoms with Crippen molar-refractivity contribution in [2.24, 2.45) is 0 Å². The van der Waals surface area contributed by atoms with E-state index >= 15 is 0 Å². The number of thioether (sulfide) groups is 2. The van der Waals surface area contributed by atoms with E-state index in [2.05, 4.69) is 236 Å². The van der Waals surface area contributed by atoms with E-state index in [4.69, 9.17) is 18.9 Å². The topological polar surface area (TPSA) is 57.2 Å². The van der Waals surface area contributed by atoms with Gasteiger partial charge in [-0.25, -0.2) is 0 Å². The Morgan fingerprint density at radius 3 is 1.27 bits per heavy atom. The number of hydrogen-bond acceptors (Lipinski definition) is 7. The number of aliphatic hydroxyl groups is 1. The maximum Gasteiger partial charge on any atom is 0.119 e. The Balaban J connectivity index is 0.784. The summed E-state index contributed by atoms with van der Waals surface area (Å²) >= 11 is 3.95. The molecule has 7 atom stereocenters. The Kier molecular flexibility index (Phi) is 16.4. The van der Waals surface area contributed by atoms with Gasteiger partial charge in [0.25, 0.3) is 0 Å². The van der Waals surface area contributed by atoms with Crippen LogP contribution in [-0.2, 0) is 31.5 Å². The maximum absolute atomic E-state index is 11.7. The lowest BCUT2D eigenvalue weighted by molar-refractivity contribution is -0.0961. The molecule has 8 aromatic carbocycles.